The van der Waals surface area contributed by atoms with E-state index in [2.05, 4.69) is 10.6 Å². The van der Waals surface area contributed by atoms with Gasteiger partial charge in [-0.05, 0) is 42.0 Å². The molecule has 0 aliphatic heterocycles. The van der Waals surface area contributed by atoms with Crippen LogP contribution in [0.5, 0.6) is 5.75 Å². The Kier molecular flexibility index (Phi) is 5.61. The van der Waals surface area contributed by atoms with E-state index in [-0.39, 0.29) is 11.0 Å². The number of hydrogen-bond acceptors (Lipinski definition) is 3. The molecule has 0 radical (unpaired) electrons. The Balaban J connectivity index is 1.72. The molecule has 0 saturated heterocycles. The van der Waals surface area contributed by atoms with E-state index >= 15 is 0 Å². The summed E-state index contributed by atoms with van der Waals surface area (Å²) in [6, 6.07) is 24.6. The van der Waals surface area contributed by atoms with Gasteiger partial charge in [0.2, 0.25) is 0 Å². The van der Waals surface area contributed by atoms with E-state index in [0.29, 0.717) is 5.56 Å². The molecular formula is C21H18N2O2S. The van der Waals surface area contributed by atoms with Crippen LogP contribution in [0, 0.1) is 0 Å². The van der Waals surface area contributed by atoms with Gasteiger partial charge in [0.25, 0.3) is 5.91 Å². The van der Waals surface area contributed by atoms with Gasteiger partial charge >= 0.3 is 0 Å². The maximum Gasteiger partial charge on any atom is 0.257 e. The molecule has 2 N–H and O–H groups in total. The van der Waals surface area contributed by atoms with Crippen molar-refractivity contribution in [2.75, 3.05) is 12.4 Å². The van der Waals surface area contributed by atoms with E-state index in [9.17, 15) is 4.79 Å². The lowest BCUT2D eigenvalue weighted by Crippen LogP contribution is -2.34. The van der Waals surface area contributed by atoms with Crippen molar-refractivity contribution >= 4 is 28.9 Å². The first-order chi connectivity index (χ1) is 12.7. The van der Waals surface area contributed by atoms with Gasteiger partial charge in [0.05, 0.1) is 7.11 Å². The third-order valence-corrected chi connectivity index (χ3v) is 4.01. The van der Waals surface area contributed by atoms with Crippen LogP contribution in [0.25, 0.3) is 11.1 Å². The van der Waals surface area contributed by atoms with Crippen molar-refractivity contribution in [1.29, 1.82) is 0 Å². The summed E-state index contributed by atoms with van der Waals surface area (Å²) in [5, 5.41) is 5.91. The second-order valence-electron chi connectivity index (χ2n) is 5.56. The standard InChI is InChI=1S/C21H18N2O2S/c1-25-19-14-17(12-13-18(19)15-8-4-2-5-9-15)22-21(26)23-20(24)16-10-6-3-7-11-16/h2-14H,1H3,(H2,22,23,24,26). The van der Waals surface area contributed by atoms with Gasteiger partial charge in [-0.25, -0.2) is 0 Å². The Morgan fingerprint density at radius 1 is 0.923 bits per heavy atom. The molecule has 130 valence electrons. The molecule has 0 aliphatic rings. The minimum absolute atomic E-state index is 0.230. The zero-order chi connectivity index (χ0) is 18.4. The number of amides is 1. The monoisotopic (exact) mass is 362 g/mol. The summed E-state index contributed by atoms with van der Waals surface area (Å²) >= 11 is 5.23. The number of benzene rings is 3. The average molecular weight is 362 g/mol. The van der Waals surface area contributed by atoms with Crippen molar-refractivity contribution in [2.24, 2.45) is 0 Å². The first kappa shape index (κ1) is 17.6. The Morgan fingerprint density at radius 3 is 2.23 bits per heavy atom. The van der Waals surface area contributed by atoms with E-state index in [1.165, 1.54) is 0 Å². The molecule has 0 bridgehead atoms. The van der Waals surface area contributed by atoms with Crippen molar-refractivity contribution < 1.29 is 9.53 Å². The van der Waals surface area contributed by atoms with Crippen LogP contribution in [0.4, 0.5) is 5.69 Å². The van der Waals surface area contributed by atoms with E-state index in [0.717, 1.165) is 22.6 Å². The Morgan fingerprint density at radius 2 is 1.58 bits per heavy atom. The number of thiocarbonyl (C=S) groups is 1. The Labute approximate surface area is 157 Å². The van der Waals surface area contributed by atoms with Gasteiger partial charge in [0.1, 0.15) is 5.75 Å². The number of rotatable bonds is 4. The summed E-state index contributed by atoms with van der Waals surface area (Å²) < 4.78 is 5.50. The highest BCUT2D eigenvalue weighted by Gasteiger charge is 2.10. The molecule has 0 atom stereocenters. The van der Waals surface area contributed by atoms with Gasteiger partial charge in [-0.1, -0.05) is 48.5 Å². The topological polar surface area (TPSA) is 50.4 Å². The van der Waals surface area contributed by atoms with Crippen LogP contribution in [0.15, 0.2) is 78.9 Å². The lowest BCUT2D eigenvalue weighted by molar-refractivity contribution is 0.0977. The van der Waals surface area contributed by atoms with E-state index < -0.39 is 0 Å². The lowest BCUT2D eigenvalue weighted by atomic mass is 10.0. The SMILES string of the molecule is COc1cc(NC(=S)NC(=O)c2ccccc2)ccc1-c1ccccc1. The van der Waals surface area contributed by atoms with E-state index in [1.54, 1.807) is 31.4 Å². The molecule has 3 aromatic rings. The smallest absolute Gasteiger partial charge is 0.257 e. The maximum atomic E-state index is 12.1. The third kappa shape index (κ3) is 4.26. The first-order valence-electron chi connectivity index (χ1n) is 8.08. The molecule has 26 heavy (non-hydrogen) atoms. The van der Waals surface area contributed by atoms with Gasteiger partial charge in [-0.15, -0.1) is 0 Å². The minimum atomic E-state index is -0.254. The van der Waals surface area contributed by atoms with Gasteiger partial charge < -0.3 is 10.1 Å². The van der Waals surface area contributed by atoms with Crippen LogP contribution in [0.1, 0.15) is 10.4 Å². The Bertz CT molecular complexity index is 912. The Hall–Kier alpha value is -3.18. The predicted octanol–water partition coefficient (Wildman–Crippen LogP) is 4.49. The minimum Gasteiger partial charge on any atom is -0.496 e. The molecule has 4 nitrogen and oxygen atoms in total. The summed E-state index contributed by atoms with van der Waals surface area (Å²) in [4.78, 5) is 12.1. The third-order valence-electron chi connectivity index (χ3n) is 3.81. The fourth-order valence-corrected chi connectivity index (χ4v) is 2.76. The molecular weight excluding hydrogens is 344 g/mol. The van der Waals surface area contributed by atoms with Crippen LogP contribution < -0.4 is 15.4 Å². The van der Waals surface area contributed by atoms with Crippen molar-refractivity contribution in [1.82, 2.24) is 5.32 Å². The predicted molar refractivity (Wildman–Crippen MR) is 109 cm³/mol. The normalized spacial score (nSPS) is 10.0. The number of methoxy groups -OCH3 is 1. The van der Waals surface area contributed by atoms with Gasteiger partial charge in [-0.2, -0.15) is 0 Å². The molecule has 5 heteroatoms. The molecule has 1 amide bonds. The maximum absolute atomic E-state index is 12.1. The number of hydrogen-bond donors (Lipinski definition) is 2. The zero-order valence-corrected chi connectivity index (χ0v) is 15.0. The summed E-state index contributed by atoms with van der Waals surface area (Å²) in [5.41, 5.74) is 3.34. The molecule has 3 aromatic carbocycles. The van der Waals surface area contributed by atoms with Crippen LogP contribution in [0.2, 0.25) is 0 Å². The molecule has 0 aromatic heterocycles. The van der Waals surface area contributed by atoms with E-state index in [1.807, 2.05) is 54.6 Å². The molecule has 3 rings (SSSR count). The molecule has 0 saturated carbocycles. The molecule has 0 unspecified atom stereocenters. The second kappa shape index (κ2) is 8.27. The van der Waals surface area contributed by atoms with Crippen molar-refractivity contribution in [3.8, 4) is 16.9 Å². The fourth-order valence-electron chi connectivity index (χ4n) is 2.55. The number of carbonyl (C=O) groups is 1. The van der Waals surface area contributed by atoms with Crippen molar-refractivity contribution in [3.63, 3.8) is 0 Å². The molecule has 0 spiro atoms. The van der Waals surface area contributed by atoms with Crippen LogP contribution in [-0.4, -0.2) is 18.1 Å². The van der Waals surface area contributed by atoms with Gasteiger partial charge in [-0.3, -0.25) is 10.1 Å². The summed E-state index contributed by atoms with van der Waals surface area (Å²) in [6.45, 7) is 0. The second-order valence-corrected chi connectivity index (χ2v) is 5.96. The summed E-state index contributed by atoms with van der Waals surface area (Å²) in [6.07, 6.45) is 0. The number of carbonyl (C=O) groups excluding carboxylic acids is 1. The van der Waals surface area contributed by atoms with Crippen molar-refractivity contribution in [2.45, 2.75) is 0 Å². The first-order valence-corrected chi connectivity index (χ1v) is 8.49. The average Bonchev–Trinajstić information content (AvgIpc) is 2.69. The number of anilines is 1. The summed E-state index contributed by atoms with van der Waals surface area (Å²) in [7, 11) is 1.63. The zero-order valence-electron chi connectivity index (χ0n) is 14.2. The summed E-state index contributed by atoms with van der Waals surface area (Å²) in [5.74, 6) is 0.467. The van der Waals surface area contributed by atoms with Crippen molar-refractivity contribution in [3.05, 3.63) is 84.4 Å². The fraction of sp³-hybridized carbons (Fsp3) is 0.0476. The number of nitrogens with one attached hydrogen (secondary N) is 2. The quantitative estimate of drug-likeness (QED) is 0.672. The van der Waals surface area contributed by atoms with Crippen LogP contribution in [-0.2, 0) is 0 Å². The molecule has 0 fully saturated rings. The highest BCUT2D eigenvalue weighted by molar-refractivity contribution is 7.80. The number of ether oxygens (including phenoxy) is 1. The van der Waals surface area contributed by atoms with Gasteiger partial charge in [0, 0.05) is 22.9 Å². The van der Waals surface area contributed by atoms with E-state index in [4.69, 9.17) is 17.0 Å². The van der Waals surface area contributed by atoms with Gasteiger partial charge in [0.15, 0.2) is 5.11 Å². The molecule has 0 heterocycles. The highest BCUT2D eigenvalue weighted by atomic mass is 32.1. The van der Waals surface area contributed by atoms with Crippen LogP contribution >= 0.6 is 12.2 Å². The molecule has 0 aliphatic carbocycles. The highest BCUT2D eigenvalue weighted by Crippen LogP contribution is 2.32. The lowest BCUT2D eigenvalue weighted by Gasteiger charge is -2.13. The van der Waals surface area contributed by atoms with Crippen LogP contribution in [0.3, 0.4) is 0 Å². The largest absolute Gasteiger partial charge is 0.496 e.